The van der Waals surface area contributed by atoms with Gasteiger partial charge in [-0.1, -0.05) is 24.3 Å². The Morgan fingerprint density at radius 3 is 2.88 bits per heavy atom. The molecule has 3 heteroatoms. The van der Waals surface area contributed by atoms with E-state index in [1.807, 2.05) is 24.7 Å². The Balaban J connectivity index is 1.95. The number of fused-ring (bicyclic) bond motifs is 1. The monoisotopic (exact) mass is 228 g/mol. The standard InChI is InChI=1S/C14H16N2O/c17-9-11-4-6-12(7-5-11)14-3-1-2-13-8-15-10-16(13)14/h4-8,10,14,17H,1-3,9H2/t14-/m1/s1. The van der Waals surface area contributed by atoms with Gasteiger partial charge in [0.25, 0.3) is 0 Å². The van der Waals surface area contributed by atoms with E-state index in [1.54, 1.807) is 0 Å². The highest BCUT2D eigenvalue weighted by Crippen LogP contribution is 2.30. The summed E-state index contributed by atoms with van der Waals surface area (Å²) in [5.74, 6) is 0. The summed E-state index contributed by atoms with van der Waals surface area (Å²) in [5, 5.41) is 9.05. The third kappa shape index (κ3) is 1.87. The number of aryl methyl sites for hydroxylation is 1. The van der Waals surface area contributed by atoms with Crippen molar-refractivity contribution in [3.8, 4) is 0 Å². The third-order valence-electron chi connectivity index (χ3n) is 3.54. The lowest BCUT2D eigenvalue weighted by Crippen LogP contribution is -2.17. The molecule has 0 bridgehead atoms. The highest BCUT2D eigenvalue weighted by atomic mass is 16.3. The summed E-state index contributed by atoms with van der Waals surface area (Å²) in [6, 6.07) is 8.64. The predicted molar refractivity (Wildman–Crippen MR) is 65.7 cm³/mol. The number of aliphatic hydroxyl groups is 1. The van der Waals surface area contributed by atoms with Crippen molar-refractivity contribution in [3.05, 3.63) is 53.6 Å². The number of imidazole rings is 1. The van der Waals surface area contributed by atoms with E-state index in [0.717, 1.165) is 12.0 Å². The zero-order chi connectivity index (χ0) is 11.7. The number of aliphatic hydroxyl groups excluding tert-OH is 1. The molecule has 1 atom stereocenters. The second-order valence-corrected chi connectivity index (χ2v) is 4.60. The first kappa shape index (κ1) is 10.5. The SMILES string of the molecule is OCc1ccc([C@H]2CCCc3cncn32)cc1. The minimum absolute atomic E-state index is 0.112. The molecule has 0 fully saturated rings. The molecule has 1 aromatic carbocycles. The lowest BCUT2D eigenvalue weighted by molar-refractivity contribution is 0.282. The minimum Gasteiger partial charge on any atom is -0.392 e. The zero-order valence-electron chi connectivity index (χ0n) is 9.71. The summed E-state index contributed by atoms with van der Waals surface area (Å²) < 4.78 is 2.28. The van der Waals surface area contributed by atoms with E-state index >= 15 is 0 Å². The number of rotatable bonds is 2. The lowest BCUT2D eigenvalue weighted by atomic mass is 9.96. The number of hydrogen-bond acceptors (Lipinski definition) is 2. The van der Waals surface area contributed by atoms with E-state index in [0.29, 0.717) is 6.04 Å². The molecule has 0 aliphatic carbocycles. The average molecular weight is 228 g/mol. The Bertz CT molecular complexity index is 501. The van der Waals surface area contributed by atoms with Crippen LogP contribution in [0.3, 0.4) is 0 Å². The third-order valence-corrected chi connectivity index (χ3v) is 3.54. The fourth-order valence-electron chi connectivity index (χ4n) is 2.59. The predicted octanol–water partition coefficient (Wildman–Crippen LogP) is 2.30. The molecule has 17 heavy (non-hydrogen) atoms. The largest absolute Gasteiger partial charge is 0.392 e. The lowest BCUT2D eigenvalue weighted by Gasteiger charge is -2.26. The molecule has 0 spiro atoms. The van der Waals surface area contributed by atoms with Crippen molar-refractivity contribution in [3.63, 3.8) is 0 Å². The van der Waals surface area contributed by atoms with E-state index in [9.17, 15) is 0 Å². The Hall–Kier alpha value is -1.61. The van der Waals surface area contributed by atoms with Crippen LogP contribution >= 0.6 is 0 Å². The number of aromatic nitrogens is 2. The van der Waals surface area contributed by atoms with Crippen LogP contribution in [0.5, 0.6) is 0 Å². The van der Waals surface area contributed by atoms with Crippen molar-refractivity contribution in [2.75, 3.05) is 0 Å². The smallest absolute Gasteiger partial charge is 0.0953 e. The van der Waals surface area contributed by atoms with Crippen molar-refractivity contribution in [2.45, 2.75) is 31.9 Å². The summed E-state index contributed by atoms with van der Waals surface area (Å²) in [4.78, 5) is 4.24. The first-order valence-electron chi connectivity index (χ1n) is 6.09. The van der Waals surface area contributed by atoms with Crippen LogP contribution in [0.1, 0.15) is 35.7 Å². The van der Waals surface area contributed by atoms with Gasteiger partial charge < -0.3 is 9.67 Å². The molecule has 0 amide bonds. The Morgan fingerprint density at radius 1 is 1.29 bits per heavy atom. The molecule has 3 rings (SSSR count). The van der Waals surface area contributed by atoms with Gasteiger partial charge >= 0.3 is 0 Å². The summed E-state index contributed by atoms with van der Waals surface area (Å²) >= 11 is 0. The summed E-state index contributed by atoms with van der Waals surface area (Å²) in [6.07, 6.45) is 7.42. The summed E-state index contributed by atoms with van der Waals surface area (Å²) in [6.45, 7) is 0.112. The fourth-order valence-corrected chi connectivity index (χ4v) is 2.59. The molecule has 1 aliphatic rings. The van der Waals surface area contributed by atoms with Crippen LogP contribution in [-0.4, -0.2) is 14.7 Å². The van der Waals surface area contributed by atoms with Gasteiger partial charge in [-0.2, -0.15) is 0 Å². The quantitative estimate of drug-likeness (QED) is 0.856. The maximum absolute atomic E-state index is 9.05. The van der Waals surface area contributed by atoms with E-state index in [1.165, 1.54) is 24.1 Å². The van der Waals surface area contributed by atoms with Gasteiger partial charge in [0, 0.05) is 11.9 Å². The van der Waals surface area contributed by atoms with Crippen LogP contribution in [0.25, 0.3) is 0 Å². The summed E-state index contributed by atoms with van der Waals surface area (Å²) in [7, 11) is 0. The van der Waals surface area contributed by atoms with Crippen LogP contribution < -0.4 is 0 Å². The van der Waals surface area contributed by atoms with Crippen LogP contribution in [0.15, 0.2) is 36.8 Å². The molecular weight excluding hydrogens is 212 g/mol. The van der Waals surface area contributed by atoms with Gasteiger partial charge in [-0.05, 0) is 30.4 Å². The zero-order valence-corrected chi connectivity index (χ0v) is 9.71. The van der Waals surface area contributed by atoms with Gasteiger partial charge in [-0.25, -0.2) is 4.98 Å². The molecule has 0 saturated heterocycles. The molecule has 1 aliphatic heterocycles. The molecule has 88 valence electrons. The summed E-state index contributed by atoms with van der Waals surface area (Å²) in [5.41, 5.74) is 3.60. The molecule has 1 aromatic heterocycles. The van der Waals surface area contributed by atoms with Gasteiger partial charge in [0.1, 0.15) is 0 Å². The van der Waals surface area contributed by atoms with Crippen molar-refractivity contribution in [1.29, 1.82) is 0 Å². The van der Waals surface area contributed by atoms with E-state index in [2.05, 4.69) is 21.7 Å². The van der Waals surface area contributed by atoms with E-state index in [-0.39, 0.29) is 6.61 Å². The van der Waals surface area contributed by atoms with Crippen molar-refractivity contribution in [2.24, 2.45) is 0 Å². The second kappa shape index (κ2) is 4.34. The van der Waals surface area contributed by atoms with Gasteiger partial charge in [0.05, 0.1) is 19.0 Å². The molecule has 0 saturated carbocycles. The number of nitrogens with zero attached hydrogens (tertiary/aromatic N) is 2. The Labute approximate surface area is 101 Å². The van der Waals surface area contributed by atoms with Crippen molar-refractivity contribution >= 4 is 0 Å². The Kier molecular flexibility index (Phi) is 2.69. The van der Waals surface area contributed by atoms with E-state index < -0.39 is 0 Å². The topological polar surface area (TPSA) is 38.1 Å². The number of benzene rings is 1. The van der Waals surface area contributed by atoms with E-state index in [4.69, 9.17) is 5.11 Å². The number of hydrogen-bond donors (Lipinski definition) is 1. The van der Waals surface area contributed by atoms with Crippen molar-refractivity contribution in [1.82, 2.24) is 9.55 Å². The van der Waals surface area contributed by atoms with Gasteiger partial charge in [0.2, 0.25) is 0 Å². The average Bonchev–Trinajstić information content (AvgIpc) is 2.87. The highest BCUT2D eigenvalue weighted by Gasteiger charge is 2.20. The first-order valence-corrected chi connectivity index (χ1v) is 6.09. The maximum Gasteiger partial charge on any atom is 0.0953 e. The molecule has 2 aromatic rings. The Morgan fingerprint density at radius 2 is 2.12 bits per heavy atom. The molecule has 1 N–H and O–H groups in total. The van der Waals surface area contributed by atoms with Crippen LogP contribution in [-0.2, 0) is 13.0 Å². The first-order chi connectivity index (χ1) is 8.38. The highest BCUT2D eigenvalue weighted by molar-refractivity contribution is 5.26. The fraction of sp³-hybridized carbons (Fsp3) is 0.357. The minimum atomic E-state index is 0.112. The molecule has 0 radical (unpaired) electrons. The molecule has 3 nitrogen and oxygen atoms in total. The van der Waals surface area contributed by atoms with Gasteiger partial charge in [0.15, 0.2) is 0 Å². The van der Waals surface area contributed by atoms with Crippen LogP contribution in [0, 0.1) is 0 Å². The maximum atomic E-state index is 9.05. The van der Waals surface area contributed by atoms with Crippen LogP contribution in [0.2, 0.25) is 0 Å². The normalized spacial score (nSPS) is 19.0. The van der Waals surface area contributed by atoms with Crippen molar-refractivity contribution < 1.29 is 5.11 Å². The second-order valence-electron chi connectivity index (χ2n) is 4.60. The van der Waals surface area contributed by atoms with Gasteiger partial charge in [-0.3, -0.25) is 0 Å². The molecule has 2 heterocycles. The molecule has 0 unspecified atom stereocenters. The van der Waals surface area contributed by atoms with Crippen LogP contribution in [0.4, 0.5) is 0 Å². The molecular formula is C14H16N2O. The van der Waals surface area contributed by atoms with Gasteiger partial charge in [-0.15, -0.1) is 0 Å².